The van der Waals surface area contributed by atoms with E-state index >= 15 is 0 Å². The number of hydrogen-bond donors (Lipinski definition) is 2. The first-order chi connectivity index (χ1) is 7.05. The van der Waals surface area contributed by atoms with Crippen molar-refractivity contribution in [2.24, 2.45) is 0 Å². The number of nitrogens with one attached hydrogen (secondary N) is 2. The normalized spacial score (nSPS) is 17.3. The molecule has 0 saturated carbocycles. The lowest BCUT2D eigenvalue weighted by molar-refractivity contribution is 0.471. The molecule has 0 radical (unpaired) electrons. The van der Waals surface area contributed by atoms with E-state index in [0.717, 1.165) is 18.9 Å². The van der Waals surface area contributed by atoms with Crippen LogP contribution >= 0.6 is 0 Å². The summed E-state index contributed by atoms with van der Waals surface area (Å²) in [5.74, 6) is 0.981. The highest BCUT2D eigenvalue weighted by atomic mass is 15.1. The van der Waals surface area contributed by atoms with Crippen LogP contribution in [0.5, 0.6) is 0 Å². The van der Waals surface area contributed by atoms with E-state index in [-0.39, 0.29) is 5.41 Å². The molecule has 1 aromatic rings. The summed E-state index contributed by atoms with van der Waals surface area (Å²) in [5.41, 5.74) is 1.46. The SMILES string of the molecule is CC(C)(C)c1ccc(NC2CNC2)nc1. The average Bonchev–Trinajstić information content (AvgIpc) is 2.11. The molecule has 0 bridgehead atoms. The van der Waals surface area contributed by atoms with E-state index in [9.17, 15) is 0 Å². The predicted molar refractivity (Wildman–Crippen MR) is 63.2 cm³/mol. The molecule has 15 heavy (non-hydrogen) atoms. The Kier molecular flexibility index (Phi) is 2.65. The Morgan fingerprint density at radius 2 is 2.07 bits per heavy atom. The highest BCUT2D eigenvalue weighted by molar-refractivity contribution is 5.38. The molecule has 1 aromatic heterocycles. The molecule has 82 valence electrons. The third-order valence-corrected chi connectivity index (χ3v) is 2.76. The Morgan fingerprint density at radius 1 is 1.33 bits per heavy atom. The van der Waals surface area contributed by atoms with Gasteiger partial charge in [-0.1, -0.05) is 26.8 Å². The Balaban J connectivity index is 2.03. The first-order valence-corrected chi connectivity index (χ1v) is 5.49. The predicted octanol–water partition coefficient (Wildman–Crippen LogP) is 1.76. The number of pyridine rings is 1. The van der Waals surface area contributed by atoms with Crippen molar-refractivity contribution in [2.75, 3.05) is 18.4 Å². The van der Waals surface area contributed by atoms with Crippen LogP contribution < -0.4 is 10.6 Å². The van der Waals surface area contributed by atoms with Crippen LogP contribution in [-0.2, 0) is 5.41 Å². The molecule has 1 fully saturated rings. The van der Waals surface area contributed by atoms with Gasteiger partial charge in [0.05, 0.1) is 6.04 Å². The molecule has 3 heteroatoms. The minimum atomic E-state index is 0.184. The van der Waals surface area contributed by atoms with Gasteiger partial charge in [-0.15, -0.1) is 0 Å². The summed E-state index contributed by atoms with van der Waals surface area (Å²) in [7, 11) is 0. The molecule has 1 aliphatic rings. The first kappa shape index (κ1) is 10.4. The Hall–Kier alpha value is -1.09. The van der Waals surface area contributed by atoms with Crippen LogP contribution in [-0.4, -0.2) is 24.1 Å². The largest absolute Gasteiger partial charge is 0.365 e. The number of anilines is 1. The fraction of sp³-hybridized carbons (Fsp3) is 0.583. The minimum absolute atomic E-state index is 0.184. The Morgan fingerprint density at radius 3 is 2.47 bits per heavy atom. The van der Waals surface area contributed by atoms with Crippen molar-refractivity contribution in [1.29, 1.82) is 0 Å². The van der Waals surface area contributed by atoms with E-state index in [0.29, 0.717) is 6.04 Å². The lowest BCUT2D eigenvalue weighted by Crippen LogP contribution is -2.51. The summed E-state index contributed by atoms with van der Waals surface area (Å²) < 4.78 is 0. The van der Waals surface area contributed by atoms with Gasteiger partial charge in [0.2, 0.25) is 0 Å². The average molecular weight is 205 g/mol. The molecule has 3 nitrogen and oxygen atoms in total. The molecule has 2 N–H and O–H groups in total. The summed E-state index contributed by atoms with van der Waals surface area (Å²) in [4.78, 5) is 4.43. The molecule has 0 amide bonds. The van der Waals surface area contributed by atoms with Gasteiger partial charge in [0.15, 0.2) is 0 Å². The molecule has 0 spiro atoms. The number of rotatable bonds is 2. The summed E-state index contributed by atoms with van der Waals surface area (Å²) in [6.45, 7) is 8.69. The molecule has 1 aliphatic heterocycles. The molecule has 0 aliphatic carbocycles. The van der Waals surface area contributed by atoms with Crippen LogP contribution in [0.4, 0.5) is 5.82 Å². The maximum atomic E-state index is 4.43. The fourth-order valence-corrected chi connectivity index (χ4v) is 1.52. The van der Waals surface area contributed by atoms with Gasteiger partial charge in [0, 0.05) is 19.3 Å². The topological polar surface area (TPSA) is 37.0 Å². The van der Waals surface area contributed by atoms with Crippen LogP contribution in [0.25, 0.3) is 0 Å². The van der Waals surface area contributed by atoms with Crippen molar-refractivity contribution in [3.05, 3.63) is 23.9 Å². The van der Waals surface area contributed by atoms with Gasteiger partial charge >= 0.3 is 0 Å². The van der Waals surface area contributed by atoms with Crippen LogP contribution in [0.1, 0.15) is 26.3 Å². The zero-order valence-electron chi connectivity index (χ0n) is 9.67. The fourth-order valence-electron chi connectivity index (χ4n) is 1.52. The summed E-state index contributed by atoms with van der Waals surface area (Å²) in [6.07, 6.45) is 1.97. The second-order valence-corrected chi connectivity index (χ2v) is 5.18. The molecule has 2 heterocycles. The summed E-state index contributed by atoms with van der Waals surface area (Å²) in [5, 5.41) is 6.61. The first-order valence-electron chi connectivity index (χ1n) is 5.49. The molecule has 0 atom stereocenters. The summed E-state index contributed by atoms with van der Waals surface area (Å²) in [6, 6.07) is 4.78. The van der Waals surface area contributed by atoms with Gasteiger partial charge in [-0.05, 0) is 17.0 Å². The van der Waals surface area contributed by atoms with Crippen LogP contribution in [0, 0.1) is 0 Å². The Labute approximate surface area is 91.3 Å². The number of aromatic nitrogens is 1. The van der Waals surface area contributed by atoms with Crippen molar-refractivity contribution >= 4 is 5.82 Å². The van der Waals surface area contributed by atoms with E-state index in [1.54, 1.807) is 0 Å². The lowest BCUT2D eigenvalue weighted by Gasteiger charge is -2.28. The summed E-state index contributed by atoms with van der Waals surface area (Å²) >= 11 is 0. The van der Waals surface area contributed by atoms with Crippen LogP contribution in [0.3, 0.4) is 0 Å². The van der Waals surface area contributed by atoms with E-state index < -0.39 is 0 Å². The smallest absolute Gasteiger partial charge is 0.126 e. The van der Waals surface area contributed by atoms with E-state index in [4.69, 9.17) is 0 Å². The maximum absolute atomic E-state index is 4.43. The molecule has 2 rings (SSSR count). The molecule has 0 aromatic carbocycles. The monoisotopic (exact) mass is 205 g/mol. The zero-order valence-corrected chi connectivity index (χ0v) is 9.67. The van der Waals surface area contributed by atoms with Gasteiger partial charge in [-0.25, -0.2) is 4.98 Å². The van der Waals surface area contributed by atoms with E-state index in [2.05, 4.69) is 48.5 Å². The second kappa shape index (κ2) is 3.81. The van der Waals surface area contributed by atoms with Gasteiger partial charge in [-0.2, -0.15) is 0 Å². The zero-order chi connectivity index (χ0) is 10.9. The van der Waals surface area contributed by atoms with Crippen molar-refractivity contribution < 1.29 is 0 Å². The van der Waals surface area contributed by atoms with Crippen LogP contribution in [0.2, 0.25) is 0 Å². The van der Waals surface area contributed by atoms with Crippen molar-refractivity contribution in [3.8, 4) is 0 Å². The number of nitrogens with zero attached hydrogens (tertiary/aromatic N) is 1. The quantitative estimate of drug-likeness (QED) is 0.772. The molecular formula is C12H19N3. The maximum Gasteiger partial charge on any atom is 0.126 e. The molecule has 1 saturated heterocycles. The lowest BCUT2D eigenvalue weighted by atomic mass is 9.88. The van der Waals surface area contributed by atoms with Crippen molar-refractivity contribution in [1.82, 2.24) is 10.3 Å². The number of hydrogen-bond acceptors (Lipinski definition) is 3. The standard InChI is InChI=1S/C12H19N3/c1-12(2,3)9-4-5-11(14-6-9)15-10-7-13-8-10/h4-6,10,13H,7-8H2,1-3H3,(H,14,15). The minimum Gasteiger partial charge on any atom is -0.365 e. The Bertz CT molecular complexity index is 320. The van der Waals surface area contributed by atoms with Crippen LogP contribution in [0.15, 0.2) is 18.3 Å². The third kappa shape index (κ3) is 2.48. The third-order valence-electron chi connectivity index (χ3n) is 2.76. The van der Waals surface area contributed by atoms with Crippen molar-refractivity contribution in [2.45, 2.75) is 32.2 Å². The van der Waals surface area contributed by atoms with E-state index in [1.165, 1.54) is 5.56 Å². The highest BCUT2D eigenvalue weighted by Crippen LogP contribution is 2.22. The molecule has 0 unspecified atom stereocenters. The van der Waals surface area contributed by atoms with E-state index in [1.807, 2.05) is 6.20 Å². The van der Waals surface area contributed by atoms with Gasteiger partial charge < -0.3 is 10.6 Å². The van der Waals surface area contributed by atoms with Crippen molar-refractivity contribution in [3.63, 3.8) is 0 Å². The van der Waals surface area contributed by atoms with Gasteiger partial charge in [0.1, 0.15) is 5.82 Å². The molecular weight excluding hydrogens is 186 g/mol. The van der Waals surface area contributed by atoms with Gasteiger partial charge in [-0.3, -0.25) is 0 Å². The van der Waals surface area contributed by atoms with Gasteiger partial charge in [0.25, 0.3) is 0 Å². The second-order valence-electron chi connectivity index (χ2n) is 5.18. The highest BCUT2D eigenvalue weighted by Gasteiger charge is 2.17.